The molecule has 0 radical (unpaired) electrons. The molecule has 25 heavy (non-hydrogen) atoms. The second kappa shape index (κ2) is 6.43. The van der Waals surface area contributed by atoms with Crippen molar-refractivity contribution >= 4 is 11.7 Å². The third kappa shape index (κ3) is 3.21. The lowest BCUT2D eigenvalue weighted by Gasteiger charge is -2.34. The number of aryl methyl sites for hydroxylation is 1. The van der Waals surface area contributed by atoms with Crippen LogP contribution in [0.1, 0.15) is 41.6 Å². The number of hydrogen-bond donors (Lipinski definition) is 0. The zero-order valence-electron chi connectivity index (χ0n) is 15.1. The summed E-state index contributed by atoms with van der Waals surface area (Å²) in [5.74, 6) is 1.02. The van der Waals surface area contributed by atoms with E-state index in [1.807, 2.05) is 43.8 Å². The number of anilines is 1. The summed E-state index contributed by atoms with van der Waals surface area (Å²) in [5.41, 5.74) is 0.786. The number of rotatable bonds is 3. The average molecular weight is 342 g/mol. The highest BCUT2D eigenvalue weighted by atomic mass is 19.1. The van der Waals surface area contributed by atoms with Crippen LogP contribution in [0.15, 0.2) is 30.3 Å². The minimum Gasteiger partial charge on any atom is -0.363 e. The SMILES string of the molecule is Cc1cc(N(C)C)nc([C@@]2(C)CCCN2C(=O)c2ccc(F)cc2)n1. The summed E-state index contributed by atoms with van der Waals surface area (Å²) in [6.45, 7) is 4.58. The van der Waals surface area contributed by atoms with E-state index in [4.69, 9.17) is 0 Å². The molecule has 2 heterocycles. The standard InChI is InChI=1S/C19H23FN4O/c1-13-12-16(23(3)4)22-18(21-13)19(2)10-5-11-24(19)17(25)14-6-8-15(20)9-7-14/h6-9,12H,5,10-11H2,1-4H3/t19-/m1/s1. The quantitative estimate of drug-likeness (QED) is 0.860. The molecule has 3 rings (SSSR count). The van der Waals surface area contributed by atoms with Gasteiger partial charge >= 0.3 is 0 Å². The van der Waals surface area contributed by atoms with Gasteiger partial charge in [-0.15, -0.1) is 0 Å². The first-order valence-electron chi connectivity index (χ1n) is 8.42. The minimum absolute atomic E-state index is 0.114. The Labute approximate surface area is 147 Å². The van der Waals surface area contributed by atoms with Crippen LogP contribution in [0.4, 0.5) is 10.2 Å². The molecule has 1 amide bonds. The van der Waals surface area contributed by atoms with Crippen LogP contribution in [-0.2, 0) is 5.54 Å². The lowest BCUT2D eigenvalue weighted by Crippen LogP contribution is -2.44. The molecule has 1 saturated heterocycles. The van der Waals surface area contributed by atoms with Crippen LogP contribution in [0.3, 0.4) is 0 Å². The second-order valence-corrected chi connectivity index (χ2v) is 6.93. The summed E-state index contributed by atoms with van der Waals surface area (Å²) < 4.78 is 13.2. The molecule has 1 aromatic heterocycles. The van der Waals surface area contributed by atoms with Gasteiger partial charge in [0.15, 0.2) is 5.82 Å². The van der Waals surface area contributed by atoms with Crippen molar-refractivity contribution in [3.8, 4) is 0 Å². The Morgan fingerprint density at radius 1 is 1.24 bits per heavy atom. The Kier molecular flexibility index (Phi) is 4.45. The molecule has 132 valence electrons. The molecule has 1 aliphatic heterocycles. The van der Waals surface area contributed by atoms with Gasteiger partial charge in [-0.1, -0.05) is 0 Å². The van der Waals surface area contributed by atoms with E-state index in [2.05, 4.69) is 9.97 Å². The molecule has 0 saturated carbocycles. The Balaban J connectivity index is 1.99. The molecule has 0 bridgehead atoms. The largest absolute Gasteiger partial charge is 0.363 e. The number of aromatic nitrogens is 2. The fourth-order valence-electron chi connectivity index (χ4n) is 3.29. The molecule has 0 unspecified atom stereocenters. The van der Waals surface area contributed by atoms with Gasteiger partial charge in [-0.3, -0.25) is 4.79 Å². The van der Waals surface area contributed by atoms with E-state index in [9.17, 15) is 9.18 Å². The molecule has 0 N–H and O–H groups in total. The molecule has 1 atom stereocenters. The number of nitrogens with zero attached hydrogens (tertiary/aromatic N) is 4. The molecular weight excluding hydrogens is 319 g/mol. The predicted octanol–water partition coefficient (Wildman–Crippen LogP) is 3.14. The van der Waals surface area contributed by atoms with Gasteiger partial charge in [0, 0.05) is 38.0 Å². The summed E-state index contributed by atoms with van der Waals surface area (Å²) in [6.07, 6.45) is 1.69. The van der Waals surface area contributed by atoms with Crippen LogP contribution < -0.4 is 4.90 Å². The van der Waals surface area contributed by atoms with Crippen LogP contribution in [0.25, 0.3) is 0 Å². The third-order valence-electron chi connectivity index (χ3n) is 4.76. The number of carbonyl (C=O) groups is 1. The van der Waals surface area contributed by atoms with Crippen LogP contribution >= 0.6 is 0 Å². The van der Waals surface area contributed by atoms with Crippen LogP contribution in [0.5, 0.6) is 0 Å². The highest BCUT2D eigenvalue weighted by Crippen LogP contribution is 2.38. The van der Waals surface area contributed by atoms with E-state index in [1.54, 1.807) is 0 Å². The summed E-state index contributed by atoms with van der Waals surface area (Å²) in [7, 11) is 3.87. The molecule has 0 aliphatic carbocycles. The van der Waals surface area contributed by atoms with Gasteiger partial charge in [0.25, 0.3) is 5.91 Å². The molecule has 2 aromatic rings. The molecule has 1 aliphatic rings. The Morgan fingerprint density at radius 2 is 1.92 bits per heavy atom. The van der Waals surface area contributed by atoms with Crippen LogP contribution in [0, 0.1) is 12.7 Å². The van der Waals surface area contributed by atoms with Crippen molar-refractivity contribution in [2.45, 2.75) is 32.2 Å². The van der Waals surface area contributed by atoms with Crippen molar-refractivity contribution < 1.29 is 9.18 Å². The first-order chi connectivity index (χ1) is 11.8. The van der Waals surface area contributed by atoms with E-state index in [0.29, 0.717) is 17.9 Å². The molecule has 5 nitrogen and oxygen atoms in total. The van der Waals surface area contributed by atoms with Crippen molar-refractivity contribution in [1.82, 2.24) is 14.9 Å². The highest BCUT2D eigenvalue weighted by Gasteiger charge is 2.44. The van der Waals surface area contributed by atoms with E-state index in [-0.39, 0.29) is 11.7 Å². The first-order valence-corrected chi connectivity index (χ1v) is 8.42. The number of amides is 1. The lowest BCUT2D eigenvalue weighted by atomic mass is 9.96. The van der Waals surface area contributed by atoms with Crippen molar-refractivity contribution in [3.63, 3.8) is 0 Å². The number of likely N-dealkylation sites (tertiary alicyclic amines) is 1. The topological polar surface area (TPSA) is 49.3 Å². The maximum Gasteiger partial charge on any atom is 0.254 e. The second-order valence-electron chi connectivity index (χ2n) is 6.93. The Bertz CT molecular complexity index is 791. The van der Waals surface area contributed by atoms with E-state index < -0.39 is 5.54 Å². The summed E-state index contributed by atoms with van der Waals surface area (Å²) in [5, 5.41) is 0. The van der Waals surface area contributed by atoms with Crippen LogP contribution in [-0.4, -0.2) is 41.4 Å². The zero-order chi connectivity index (χ0) is 18.2. The fraction of sp³-hybridized carbons (Fsp3) is 0.421. The maximum atomic E-state index is 13.2. The normalized spacial score (nSPS) is 20.0. The molecule has 1 fully saturated rings. The summed E-state index contributed by atoms with van der Waals surface area (Å²) >= 11 is 0. The van der Waals surface area contributed by atoms with Gasteiger partial charge < -0.3 is 9.80 Å². The monoisotopic (exact) mass is 342 g/mol. The predicted molar refractivity (Wildman–Crippen MR) is 95.1 cm³/mol. The van der Waals surface area contributed by atoms with Crippen molar-refractivity contribution in [3.05, 3.63) is 53.2 Å². The third-order valence-corrected chi connectivity index (χ3v) is 4.76. The summed E-state index contributed by atoms with van der Waals surface area (Å²) in [6, 6.07) is 7.60. The van der Waals surface area contributed by atoms with Gasteiger partial charge in [0.2, 0.25) is 0 Å². The molecular formula is C19H23FN4O. The van der Waals surface area contributed by atoms with Crippen molar-refractivity contribution in [1.29, 1.82) is 0 Å². The van der Waals surface area contributed by atoms with Gasteiger partial charge in [-0.25, -0.2) is 14.4 Å². The molecule has 6 heteroatoms. The Morgan fingerprint density at radius 3 is 2.56 bits per heavy atom. The fourth-order valence-corrected chi connectivity index (χ4v) is 3.29. The number of hydrogen-bond acceptors (Lipinski definition) is 4. The van der Waals surface area contributed by atoms with E-state index in [1.165, 1.54) is 24.3 Å². The van der Waals surface area contributed by atoms with Gasteiger partial charge in [-0.05, 0) is 51.0 Å². The number of carbonyl (C=O) groups excluding carboxylic acids is 1. The highest BCUT2D eigenvalue weighted by molar-refractivity contribution is 5.95. The van der Waals surface area contributed by atoms with Crippen molar-refractivity contribution in [2.75, 3.05) is 25.5 Å². The Hall–Kier alpha value is -2.50. The number of halogens is 1. The maximum absolute atomic E-state index is 13.2. The minimum atomic E-state index is -0.567. The van der Waals surface area contributed by atoms with Crippen LogP contribution in [0.2, 0.25) is 0 Å². The van der Waals surface area contributed by atoms with E-state index >= 15 is 0 Å². The lowest BCUT2D eigenvalue weighted by molar-refractivity contribution is 0.0603. The average Bonchev–Trinajstić information content (AvgIpc) is 2.97. The first kappa shape index (κ1) is 17.3. The van der Waals surface area contributed by atoms with E-state index in [0.717, 1.165) is 24.4 Å². The van der Waals surface area contributed by atoms with Gasteiger partial charge in [-0.2, -0.15) is 0 Å². The number of benzene rings is 1. The van der Waals surface area contributed by atoms with Crippen molar-refractivity contribution in [2.24, 2.45) is 0 Å². The summed E-state index contributed by atoms with van der Waals surface area (Å²) in [4.78, 5) is 26.0. The van der Waals surface area contributed by atoms with Gasteiger partial charge in [0.1, 0.15) is 17.2 Å². The van der Waals surface area contributed by atoms with Gasteiger partial charge in [0.05, 0.1) is 0 Å². The molecule has 1 aromatic carbocycles. The zero-order valence-corrected chi connectivity index (χ0v) is 15.1. The molecule has 0 spiro atoms. The smallest absolute Gasteiger partial charge is 0.254 e.